The Morgan fingerprint density at radius 3 is 2.39 bits per heavy atom. The molecule has 162 valence electrons. The Bertz CT molecular complexity index is 1080. The van der Waals surface area contributed by atoms with Gasteiger partial charge >= 0.3 is 0 Å². The molecule has 1 atom stereocenters. The van der Waals surface area contributed by atoms with E-state index >= 15 is 0 Å². The Morgan fingerprint density at radius 2 is 1.77 bits per heavy atom. The summed E-state index contributed by atoms with van der Waals surface area (Å²) in [5.74, 6) is -0.565. The van der Waals surface area contributed by atoms with E-state index in [0.717, 1.165) is 15.9 Å². The van der Waals surface area contributed by atoms with Crippen molar-refractivity contribution in [1.29, 1.82) is 0 Å². The maximum absolute atomic E-state index is 13.2. The molecule has 0 unspecified atom stereocenters. The number of benzene rings is 2. The Balaban J connectivity index is 1.67. The third-order valence-electron chi connectivity index (χ3n) is 4.69. The molecule has 1 aromatic heterocycles. The van der Waals surface area contributed by atoms with Crippen LogP contribution in [0.25, 0.3) is 5.69 Å². The van der Waals surface area contributed by atoms with Gasteiger partial charge in [0.1, 0.15) is 5.82 Å². The van der Waals surface area contributed by atoms with Crippen LogP contribution in [0.15, 0.2) is 65.5 Å². The minimum absolute atomic E-state index is 0.126. The number of amides is 1. The second kappa shape index (κ2) is 9.88. The first kappa shape index (κ1) is 22.0. The molecule has 31 heavy (non-hydrogen) atoms. The minimum Gasteiger partial charge on any atom is -0.463 e. The van der Waals surface area contributed by atoms with E-state index < -0.39 is 17.5 Å². The molecule has 1 N–H and O–H groups in total. The summed E-state index contributed by atoms with van der Waals surface area (Å²) in [6.45, 7) is 2.20. The first-order chi connectivity index (χ1) is 14.9. The van der Waals surface area contributed by atoms with Gasteiger partial charge in [-0.15, -0.1) is 5.10 Å². The molecule has 0 saturated carbocycles. The molecule has 2 aromatic carbocycles. The van der Waals surface area contributed by atoms with Crippen LogP contribution < -0.4 is 20.5 Å². The smallest absolute Gasteiger partial charge is 0.271 e. The number of carbonyl (C=O) groups is 1. The molecule has 0 aliphatic rings. The van der Waals surface area contributed by atoms with Gasteiger partial charge in [-0.3, -0.25) is 9.59 Å². The van der Waals surface area contributed by atoms with Crippen molar-refractivity contribution in [3.63, 3.8) is 0 Å². The Morgan fingerprint density at radius 1 is 1.10 bits per heavy atom. The number of nitrogens with one attached hydrogen (secondary N) is 1. The molecule has 0 radical (unpaired) electrons. The maximum atomic E-state index is 13.2. The molecule has 0 saturated heterocycles. The van der Waals surface area contributed by atoms with Crippen LogP contribution in [0, 0.1) is 5.82 Å². The van der Waals surface area contributed by atoms with Crippen molar-refractivity contribution in [2.24, 2.45) is 0 Å². The lowest BCUT2D eigenvalue weighted by Gasteiger charge is -2.17. The number of rotatable bonds is 8. The van der Waals surface area contributed by atoms with Gasteiger partial charge in [-0.1, -0.05) is 19.1 Å². The fourth-order valence-electron chi connectivity index (χ4n) is 2.91. The van der Waals surface area contributed by atoms with Crippen molar-refractivity contribution < 1.29 is 13.9 Å². The van der Waals surface area contributed by atoms with E-state index in [1.807, 2.05) is 50.2 Å². The van der Waals surface area contributed by atoms with Gasteiger partial charge < -0.3 is 15.0 Å². The molecule has 1 amide bonds. The van der Waals surface area contributed by atoms with Crippen LogP contribution in [0.1, 0.15) is 18.9 Å². The number of hydrogen-bond acceptors (Lipinski definition) is 5. The number of hydrogen-bond donors (Lipinski definition) is 1. The summed E-state index contributed by atoms with van der Waals surface area (Å²) < 4.78 is 20.0. The van der Waals surface area contributed by atoms with Gasteiger partial charge in [0.25, 0.3) is 11.5 Å². The van der Waals surface area contributed by atoms with E-state index in [-0.39, 0.29) is 11.8 Å². The number of halogens is 1. The molecular formula is C23H25FN4O3. The normalized spacial score (nSPS) is 11.6. The van der Waals surface area contributed by atoms with Crippen molar-refractivity contribution in [1.82, 2.24) is 15.1 Å². The second-order valence-electron chi connectivity index (χ2n) is 7.19. The highest BCUT2D eigenvalue weighted by atomic mass is 19.1. The summed E-state index contributed by atoms with van der Waals surface area (Å²) in [5, 5.41) is 7.03. The van der Waals surface area contributed by atoms with Crippen LogP contribution >= 0.6 is 0 Å². The molecule has 0 fully saturated rings. The third-order valence-corrected chi connectivity index (χ3v) is 4.69. The third kappa shape index (κ3) is 5.69. The lowest BCUT2D eigenvalue weighted by molar-refractivity contribution is -0.128. The zero-order valence-electron chi connectivity index (χ0n) is 17.7. The first-order valence-corrected chi connectivity index (χ1v) is 9.94. The first-order valence-electron chi connectivity index (χ1n) is 9.94. The topological polar surface area (TPSA) is 76.5 Å². The summed E-state index contributed by atoms with van der Waals surface area (Å²) >= 11 is 0. The molecule has 0 spiro atoms. The van der Waals surface area contributed by atoms with Crippen LogP contribution in [-0.2, 0) is 11.3 Å². The monoisotopic (exact) mass is 424 g/mol. The molecule has 0 bridgehead atoms. The highest BCUT2D eigenvalue weighted by Crippen LogP contribution is 2.13. The standard InChI is InChI=1S/C23H25FN4O3/c1-4-20(23(30)25-15-16-5-9-18(10-6-16)27(2)3)31-21-13-14-22(29)28(26-21)19-11-7-17(24)8-12-19/h5-14,20H,4,15H2,1-3H3,(H,25,30)/t20-/m0/s1. The maximum Gasteiger partial charge on any atom is 0.271 e. The molecule has 0 aliphatic heterocycles. The summed E-state index contributed by atoms with van der Waals surface area (Å²) in [6.07, 6.45) is -0.351. The van der Waals surface area contributed by atoms with Gasteiger partial charge in [-0.25, -0.2) is 4.39 Å². The lowest BCUT2D eigenvalue weighted by Crippen LogP contribution is -2.38. The molecule has 3 rings (SSSR count). The van der Waals surface area contributed by atoms with Gasteiger partial charge in [0.15, 0.2) is 6.10 Å². The molecule has 3 aromatic rings. The van der Waals surface area contributed by atoms with Crippen LogP contribution in [0.3, 0.4) is 0 Å². The number of anilines is 1. The van der Waals surface area contributed by atoms with Gasteiger partial charge in [-0.2, -0.15) is 4.68 Å². The van der Waals surface area contributed by atoms with E-state index in [2.05, 4.69) is 10.4 Å². The predicted octanol–water partition coefficient (Wildman–Crippen LogP) is 2.91. The van der Waals surface area contributed by atoms with E-state index in [1.165, 1.54) is 36.4 Å². The van der Waals surface area contributed by atoms with Crippen LogP contribution in [0.5, 0.6) is 5.88 Å². The largest absolute Gasteiger partial charge is 0.463 e. The van der Waals surface area contributed by atoms with E-state index in [0.29, 0.717) is 18.7 Å². The average molecular weight is 424 g/mol. The van der Waals surface area contributed by atoms with Crippen molar-refractivity contribution in [3.05, 3.63) is 82.4 Å². The number of aromatic nitrogens is 2. The van der Waals surface area contributed by atoms with Gasteiger partial charge in [0, 0.05) is 38.5 Å². The Hall–Kier alpha value is -3.68. The average Bonchev–Trinajstić information content (AvgIpc) is 2.77. The highest BCUT2D eigenvalue weighted by molar-refractivity contribution is 5.81. The number of carbonyl (C=O) groups excluding carboxylic acids is 1. The van der Waals surface area contributed by atoms with Crippen LogP contribution in [0.4, 0.5) is 10.1 Å². The van der Waals surface area contributed by atoms with E-state index in [9.17, 15) is 14.0 Å². The molecule has 8 heteroatoms. The zero-order valence-corrected chi connectivity index (χ0v) is 17.7. The fourth-order valence-corrected chi connectivity index (χ4v) is 2.91. The van der Waals surface area contributed by atoms with Gasteiger partial charge in [-0.05, 0) is 48.4 Å². The van der Waals surface area contributed by atoms with Gasteiger partial charge in [0.2, 0.25) is 5.88 Å². The Labute approximate surface area is 180 Å². The Kier molecular flexibility index (Phi) is 7.02. The quantitative estimate of drug-likeness (QED) is 0.602. The highest BCUT2D eigenvalue weighted by Gasteiger charge is 2.19. The summed E-state index contributed by atoms with van der Waals surface area (Å²) in [4.78, 5) is 26.7. The summed E-state index contributed by atoms with van der Waals surface area (Å²) in [6, 6.07) is 16.0. The fraction of sp³-hybridized carbons (Fsp3) is 0.261. The molecule has 7 nitrogen and oxygen atoms in total. The van der Waals surface area contributed by atoms with Gasteiger partial charge in [0.05, 0.1) is 5.69 Å². The molecule has 1 heterocycles. The lowest BCUT2D eigenvalue weighted by atomic mass is 10.2. The SMILES string of the molecule is CC[C@H](Oc1ccc(=O)n(-c2ccc(F)cc2)n1)C(=O)NCc1ccc(N(C)C)cc1. The molecule has 0 aliphatic carbocycles. The number of ether oxygens (including phenoxy) is 1. The summed E-state index contributed by atoms with van der Waals surface area (Å²) in [5.41, 5.74) is 2.05. The van der Waals surface area contributed by atoms with Crippen molar-refractivity contribution in [3.8, 4) is 11.6 Å². The van der Waals surface area contributed by atoms with Crippen molar-refractivity contribution >= 4 is 11.6 Å². The summed E-state index contributed by atoms with van der Waals surface area (Å²) in [7, 11) is 3.93. The van der Waals surface area contributed by atoms with E-state index in [4.69, 9.17) is 4.74 Å². The second-order valence-corrected chi connectivity index (χ2v) is 7.19. The van der Waals surface area contributed by atoms with Crippen molar-refractivity contribution in [2.45, 2.75) is 26.0 Å². The number of nitrogens with zero attached hydrogens (tertiary/aromatic N) is 3. The zero-order chi connectivity index (χ0) is 22.4. The van der Waals surface area contributed by atoms with Crippen LogP contribution in [0.2, 0.25) is 0 Å². The van der Waals surface area contributed by atoms with Crippen molar-refractivity contribution in [2.75, 3.05) is 19.0 Å². The van der Waals surface area contributed by atoms with E-state index in [1.54, 1.807) is 0 Å². The molecular weight excluding hydrogens is 399 g/mol. The van der Waals surface area contributed by atoms with Crippen LogP contribution in [-0.4, -0.2) is 35.9 Å². The minimum atomic E-state index is -0.771. The predicted molar refractivity (Wildman–Crippen MR) is 117 cm³/mol.